The van der Waals surface area contributed by atoms with E-state index in [-0.39, 0.29) is 7.43 Å². The van der Waals surface area contributed by atoms with E-state index in [1.807, 2.05) is 12.1 Å². The maximum atomic E-state index is 5.41. The number of benzene rings is 1. The van der Waals surface area contributed by atoms with Crippen molar-refractivity contribution in [2.45, 2.75) is 19.9 Å². The first-order chi connectivity index (χ1) is 7.38. The molecule has 1 N–H and O–H groups in total. The van der Waals surface area contributed by atoms with Gasteiger partial charge in [0.25, 0.3) is 0 Å². The van der Waals surface area contributed by atoms with Gasteiger partial charge in [0.05, 0.1) is 20.3 Å². The zero-order chi connectivity index (χ0) is 10.5. The molecule has 1 aliphatic rings. The number of nitrogens with one attached hydrogen (secondary N) is 1. The molecule has 1 aromatic rings. The first-order valence-corrected chi connectivity index (χ1v) is 5.32. The molecule has 1 atom stereocenters. The van der Waals surface area contributed by atoms with Gasteiger partial charge >= 0.3 is 0 Å². The largest absolute Gasteiger partial charge is 0.497 e. The van der Waals surface area contributed by atoms with Crippen LogP contribution in [0.1, 0.15) is 13.0 Å². The number of hydrogen-bond donors (Lipinski definition) is 1. The van der Waals surface area contributed by atoms with E-state index in [4.69, 9.17) is 9.47 Å². The molecule has 1 heterocycles. The first-order valence-electron chi connectivity index (χ1n) is 5.32. The van der Waals surface area contributed by atoms with E-state index in [2.05, 4.69) is 17.4 Å². The Hall–Kier alpha value is -1.06. The molecule has 0 bridgehead atoms. The molecule has 0 aromatic heterocycles. The van der Waals surface area contributed by atoms with Crippen LogP contribution in [0.5, 0.6) is 5.75 Å². The van der Waals surface area contributed by atoms with Crippen molar-refractivity contribution in [2.24, 2.45) is 0 Å². The van der Waals surface area contributed by atoms with Crippen LogP contribution in [0.4, 0.5) is 0 Å². The lowest BCUT2D eigenvalue weighted by atomic mass is 10.1. The van der Waals surface area contributed by atoms with Crippen molar-refractivity contribution in [3.8, 4) is 5.75 Å². The summed E-state index contributed by atoms with van der Waals surface area (Å²) in [5, 5.41) is 3.44. The van der Waals surface area contributed by atoms with E-state index in [1.54, 1.807) is 7.11 Å². The highest BCUT2D eigenvalue weighted by Gasteiger charge is 2.12. The molecule has 90 valence electrons. The Morgan fingerprint density at radius 3 is 2.69 bits per heavy atom. The number of hydrogen-bond acceptors (Lipinski definition) is 3. The number of methoxy groups -OCH3 is 1. The molecular formula is C13H21NO2. The predicted molar refractivity (Wildman–Crippen MR) is 66.0 cm³/mol. The number of ether oxygens (including phenoxy) is 2. The van der Waals surface area contributed by atoms with Gasteiger partial charge < -0.3 is 14.8 Å². The minimum Gasteiger partial charge on any atom is -0.497 e. The molecule has 1 unspecified atom stereocenters. The summed E-state index contributed by atoms with van der Waals surface area (Å²) in [4.78, 5) is 0. The monoisotopic (exact) mass is 223 g/mol. The number of rotatable bonds is 3. The fourth-order valence-corrected chi connectivity index (χ4v) is 1.80. The molecule has 0 saturated carbocycles. The zero-order valence-corrected chi connectivity index (χ0v) is 9.03. The summed E-state index contributed by atoms with van der Waals surface area (Å²) in [5.41, 5.74) is 1.32. The highest BCUT2D eigenvalue weighted by Crippen LogP contribution is 2.13. The fourth-order valence-electron chi connectivity index (χ4n) is 1.80. The van der Waals surface area contributed by atoms with Crippen molar-refractivity contribution in [1.82, 2.24) is 5.32 Å². The molecule has 16 heavy (non-hydrogen) atoms. The van der Waals surface area contributed by atoms with E-state index in [9.17, 15) is 0 Å². The summed E-state index contributed by atoms with van der Waals surface area (Å²) >= 11 is 0. The van der Waals surface area contributed by atoms with Crippen molar-refractivity contribution < 1.29 is 9.47 Å². The summed E-state index contributed by atoms with van der Waals surface area (Å²) in [6.07, 6.45) is 1.02. The lowest BCUT2D eigenvalue weighted by Crippen LogP contribution is -2.42. The van der Waals surface area contributed by atoms with E-state index in [0.717, 1.165) is 31.9 Å². The Morgan fingerprint density at radius 2 is 2.12 bits per heavy atom. The van der Waals surface area contributed by atoms with Crippen LogP contribution in [-0.4, -0.2) is 32.9 Å². The van der Waals surface area contributed by atoms with Gasteiger partial charge in [-0.15, -0.1) is 0 Å². The molecule has 1 aliphatic heterocycles. The van der Waals surface area contributed by atoms with Crippen LogP contribution >= 0.6 is 0 Å². The lowest BCUT2D eigenvalue weighted by Gasteiger charge is -2.23. The molecule has 3 nitrogen and oxygen atoms in total. The molecule has 0 aliphatic carbocycles. The van der Waals surface area contributed by atoms with Gasteiger partial charge in [-0.2, -0.15) is 0 Å². The Morgan fingerprint density at radius 1 is 1.38 bits per heavy atom. The van der Waals surface area contributed by atoms with Crippen LogP contribution in [0.15, 0.2) is 24.3 Å². The van der Waals surface area contributed by atoms with Gasteiger partial charge in [0.1, 0.15) is 5.75 Å². The van der Waals surface area contributed by atoms with Crippen LogP contribution in [0.25, 0.3) is 0 Å². The molecule has 3 heteroatoms. The van der Waals surface area contributed by atoms with Gasteiger partial charge in [0.2, 0.25) is 0 Å². The van der Waals surface area contributed by atoms with Crippen LogP contribution in [0.2, 0.25) is 0 Å². The molecule has 0 radical (unpaired) electrons. The lowest BCUT2D eigenvalue weighted by molar-refractivity contribution is 0.0770. The van der Waals surface area contributed by atoms with Gasteiger partial charge in [0, 0.05) is 12.6 Å². The summed E-state index contributed by atoms with van der Waals surface area (Å²) in [5.74, 6) is 0.909. The van der Waals surface area contributed by atoms with Gasteiger partial charge in [-0.05, 0) is 24.1 Å². The van der Waals surface area contributed by atoms with E-state index < -0.39 is 0 Å². The SMILES string of the molecule is C.COc1ccc(CC2COCCN2)cc1. The third-order valence-corrected chi connectivity index (χ3v) is 2.64. The van der Waals surface area contributed by atoms with Crippen LogP contribution in [0, 0.1) is 0 Å². The summed E-state index contributed by atoms with van der Waals surface area (Å²) in [7, 11) is 1.69. The second-order valence-electron chi connectivity index (χ2n) is 3.78. The molecule has 1 saturated heterocycles. The fraction of sp³-hybridized carbons (Fsp3) is 0.538. The summed E-state index contributed by atoms with van der Waals surface area (Å²) < 4.78 is 10.5. The average Bonchev–Trinajstić information content (AvgIpc) is 2.31. The Kier molecular flexibility index (Phi) is 5.29. The van der Waals surface area contributed by atoms with Gasteiger partial charge in [-0.3, -0.25) is 0 Å². The van der Waals surface area contributed by atoms with Crippen molar-refractivity contribution in [3.05, 3.63) is 29.8 Å². The highest BCUT2D eigenvalue weighted by atomic mass is 16.5. The van der Waals surface area contributed by atoms with Crippen molar-refractivity contribution in [3.63, 3.8) is 0 Å². The van der Waals surface area contributed by atoms with E-state index >= 15 is 0 Å². The van der Waals surface area contributed by atoms with E-state index in [1.165, 1.54) is 5.56 Å². The van der Waals surface area contributed by atoms with Crippen LogP contribution < -0.4 is 10.1 Å². The highest BCUT2D eigenvalue weighted by molar-refractivity contribution is 5.27. The maximum absolute atomic E-state index is 5.41. The first kappa shape index (κ1) is 13.0. The summed E-state index contributed by atoms with van der Waals surface area (Å²) in [6, 6.07) is 8.66. The van der Waals surface area contributed by atoms with Gasteiger partial charge in [-0.25, -0.2) is 0 Å². The topological polar surface area (TPSA) is 30.5 Å². The molecule has 1 aromatic carbocycles. The molecule has 2 rings (SSSR count). The molecule has 0 spiro atoms. The van der Waals surface area contributed by atoms with Crippen molar-refractivity contribution in [1.29, 1.82) is 0 Å². The third kappa shape index (κ3) is 3.51. The minimum atomic E-state index is 0. The third-order valence-electron chi connectivity index (χ3n) is 2.64. The normalized spacial score (nSPS) is 19.9. The molecular weight excluding hydrogens is 202 g/mol. The Labute approximate surface area is 97.8 Å². The smallest absolute Gasteiger partial charge is 0.118 e. The predicted octanol–water partition coefficient (Wildman–Crippen LogP) is 1.86. The number of morpholine rings is 1. The average molecular weight is 223 g/mol. The second kappa shape index (κ2) is 6.51. The van der Waals surface area contributed by atoms with Crippen LogP contribution in [-0.2, 0) is 11.2 Å². The maximum Gasteiger partial charge on any atom is 0.118 e. The molecule has 0 amide bonds. The van der Waals surface area contributed by atoms with Gasteiger partial charge in [0.15, 0.2) is 0 Å². The second-order valence-corrected chi connectivity index (χ2v) is 3.78. The van der Waals surface area contributed by atoms with Crippen molar-refractivity contribution >= 4 is 0 Å². The van der Waals surface area contributed by atoms with Crippen molar-refractivity contribution in [2.75, 3.05) is 26.9 Å². The van der Waals surface area contributed by atoms with E-state index in [0.29, 0.717) is 6.04 Å². The van der Waals surface area contributed by atoms with Gasteiger partial charge in [-0.1, -0.05) is 19.6 Å². The quantitative estimate of drug-likeness (QED) is 0.848. The summed E-state index contributed by atoms with van der Waals surface area (Å²) in [6.45, 7) is 2.60. The molecule has 1 fully saturated rings. The minimum absolute atomic E-state index is 0. The standard InChI is InChI=1S/C12H17NO2.CH4/c1-14-12-4-2-10(3-5-12)8-11-9-15-7-6-13-11;/h2-5,11,13H,6-9H2,1H3;1H4. The van der Waals surface area contributed by atoms with Crippen LogP contribution in [0.3, 0.4) is 0 Å². The Bertz CT molecular complexity index is 291. The Balaban J connectivity index is 0.00000128. The zero-order valence-electron chi connectivity index (χ0n) is 9.03.